The van der Waals surface area contributed by atoms with Crippen LogP contribution in [-0.4, -0.2) is 35.5 Å². The van der Waals surface area contributed by atoms with Gasteiger partial charge in [0, 0.05) is 34.7 Å². The molecule has 0 radical (unpaired) electrons. The first-order chi connectivity index (χ1) is 22.0. The van der Waals surface area contributed by atoms with E-state index >= 15 is 0 Å². The molecule has 0 aromatic heterocycles. The van der Waals surface area contributed by atoms with Crippen molar-refractivity contribution >= 4 is 16.8 Å². The molecule has 0 spiro atoms. The highest BCUT2D eigenvalue weighted by Crippen LogP contribution is 2.60. The van der Waals surface area contributed by atoms with Gasteiger partial charge in [-0.2, -0.15) is 0 Å². The molecule has 2 aliphatic rings. The van der Waals surface area contributed by atoms with Crippen LogP contribution in [0.2, 0.25) is 0 Å². The zero-order valence-corrected chi connectivity index (χ0v) is 26.4. The van der Waals surface area contributed by atoms with Crippen LogP contribution in [0.1, 0.15) is 41.2 Å². The minimum Gasteiger partial charge on any atom is -0.497 e. The van der Waals surface area contributed by atoms with Crippen molar-refractivity contribution in [2.75, 3.05) is 35.5 Å². The first-order valence-electron chi connectivity index (χ1n) is 15.1. The van der Waals surface area contributed by atoms with Gasteiger partial charge in [-0.15, -0.1) is 0 Å². The fraction of sp³-hybridized carbons (Fsp3) is 0.231. The van der Waals surface area contributed by atoms with Gasteiger partial charge in [-0.1, -0.05) is 61.5 Å². The number of fused-ring (bicyclic) bond motifs is 8. The van der Waals surface area contributed by atoms with Crippen molar-refractivity contribution < 1.29 is 28.4 Å². The van der Waals surface area contributed by atoms with E-state index in [-0.39, 0.29) is 0 Å². The highest BCUT2D eigenvalue weighted by atomic mass is 16.5. The summed E-state index contributed by atoms with van der Waals surface area (Å²) >= 11 is 0. The molecule has 6 heteroatoms. The lowest BCUT2D eigenvalue weighted by Crippen LogP contribution is -2.35. The third-order valence-electron chi connectivity index (χ3n) is 9.47. The Bertz CT molecular complexity index is 1890. The molecule has 1 heterocycles. The predicted molar refractivity (Wildman–Crippen MR) is 177 cm³/mol. The molecule has 0 saturated carbocycles. The van der Waals surface area contributed by atoms with Crippen LogP contribution in [0.25, 0.3) is 28.0 Å². The first-order valence-corrected chi connectivity index (χ1v) is 15.1. The second-order valence-electron chi connectivity index (χ2n) is 11.3. The highest BCUT2D eigenvalue weighted by Gasteiger charge is 2.48. The summed E-state index contributed by atoms with van der Waals surface area (Å²) in [7, 11) is 8.46. The van der Waals surface area contributed by atoms with E-state index in [1.165, 1.54) is 0 Å². The Balaban J connectivity index is 1.59. The summed E-state index contributed by atoms with van der Waals surface area (Å²) in [4.78, 5) is 0. The first kappa shape index (κ1) is 28.8. The van der Waals surface area contributed by atoms with Gasteiger partial charge in [0.25, 0.3) is 0 Å². The topological polar surface area (TPSA) is 55.4 Å². The van der Waals surface area contributed by atoms with Gasteiger partial charge in [-0.05, 0) is 71.0 Å². The number of ether oxygens (including phenoxy) is 6. The molecule has 0 N–H and O–H groups in total. The molecule has 1 atom stereocenters. The van der Waals surface area contributed by atoms with Crippen LogP contribution in [0.4, 0.5) is 0 Å². The number of rotatable bonds is 8. The Morgan fingerprint density at radius 2 is 1.24 bits per heavy atom. The van der Waals surface area contributed by atoms with E-state index in [0.29, 0.717) is 11.5 Å². The van der Waals surface area contributed by atoms with E-state index in [1.807, 2.05) is 30.3 Å². The van der Waals surface area contributed by atoms with E-state index in [0.717, 1.165) is 73.4 Å². The number of methoxy groups -OCH3 is 5. The molecule has 0 saturated heterocycles. The van der Waals surface area contributed by atoms with E-state index in [4.69, 9.17) is 28.4 Å². The largest absolute Gasteiger partial charge is 0.497 e. The standard InChI is InChI=1S/C39H36O6/c1-7-38(44-6)32-11-9-8-10-28(32)35-30-22-33(42-4)34(43-5)23-31(30)37-29(36(35)38)20-21-39(45-37,24-12-16-26(40-2)17-13-24)25-14-18-27(41-3)19-15-25/h8-23H,7H2,1-6H3. The van der Waals surface area contributed by atoms with Crippen molar-refractivity contribution in [2.24, 2.45) is 0 Å². The second-order valence-corrected chi connectivity index (χ2v) is 11.3. The highest BCUT2D eigenvalue weighted by molar-refractivity contribution is 6.09. The Labute approximate surface area is 263 Å². The smallest absolute Gasteiger partial charge is 0.178 e. The summed E-state index contributed by atoms with van der Waals surface area (Å²) in [6.07, 6.45) is 5.11. The number of hydrogen-bond donors (Lipinski definition) is 0. The lowest BCUT2D eigenvalue weighted by molar-refractivity contribution is 0.0219. The van der Waals surface area contributed by atoms with Crippen LogP contribution >= 0.6 is 0 Å². The van der Waals surface area contributed by atoms with Gasteiger partial charge in [0.2, 0.25) is 0 Å². The van der Waals surface area contributed by atoms with Gasteiger partial charge in [0.15, 0.2) is 17.1 Å². The van der Waals surface area contributed by atoms with Gasteiger partial charge in [-0.3, -0.25) is 0 Å². The maximum atomic E-state index is 7.41. The molecule has 1 aliphatic carbocycles. The van der Waals surface area contributed by atoms with Crippen molar-refractivity contribution in [3.63, 3.8) is 0 Å². The van der Waals surface area contributed by atoms with Crippen LogP contribution < -0.4 is 23.7 Å². The molecular formula is C39H36O6. The molecule has 0 fully saturated rings. The van der Waals surface area contributed by atoms with Crippen molar-refractivity contribution in [3.05, 3.63) is 119 Å². The van der Waals surface area contributed by atoms with E-state index in [1.54, 1.807) is 35.5 Å². The third kappa shape index (κ3) is 4.05. The average molecular weight is 601 g/mol. The van der Waals surface area contributed by atoms with Gasteiger partial charge in [-0.25, -0.2) is 0 Å². The van der Waals surface area contributed by atoms with Crippen LogP contribution in [0.3, 0.4) is 0 Å². The fourth-order valence-corrected chi connectivity index (χ4v) is 7.23. The van der Waals surface area contributed by atoms with Crippen molar-refractivity contribution in [2.45, 2.75) is 24.5 Å². The molecule has 0 amide bonds. The molecule has 228 valence electrons. The summed E-state index contributed by atoms with van der Waals surface area (Å²) in [5.74, 6) is 3.58. The Morgan fingerprint density at radius 1 is 0.667 bits per heavy atom. The van der Waals surface area contributed by atoms with Crippen LogP contribution in [0, 0.1) is 0 Å². The molecule has 6 nitrogen and oxygen atoms in total. The van der Waals surface area contributed by atoms with E-state index in [2.05, 4.69) is 73.7 Å². The normalized spacial score (nSPS) is 17.2. The van der Waals surface area contributed by atoms with Crippen molar-refractivity contribution in [1.29, 1.82) is 0 Å². The van der Waals surface area contributed by atoms with Gasteiger partial charge >= 0.3 is 0 Å². The lowest BCUT2D eigenvalue weighted by atomic mass is 9.79. The Morgan fingerprint density at radius 3 is 1.78 bits per heavy atom. The molecule has 1 aliphatic heterocycles. The zero-order valence-electron chi connectivity index (χ0n) is 26.4. The molecule has 45 heavy (non-hydrogen) atoms. The van der Waals surface area contributed by atoms with Crippen LogP contribution in [0.5, 0.6) is 28.7 Å². The average Bonchev–Trinajstić information content (AvgIpc) is 3.41. The van der Waals surface area contributed by atoms with Gasteiger partial charge in [0.05, 0.1) is 28.4 Å². The van der Waals surface area contributed by atoms with E-state index in [9.17, 15) is 0 Å². The number of benzene rings is 5. The van der Waals surface area contributed by atoms with E-state index < -0.39 is 11.2 Å². The molecule has 7 rings (SSSR count). The molecule has 5 aromatic carbocycles. The summed E-state index contributed by atoms with van der Waals surface area (Å²) in [6, 6.07) is 28.7. The quantitative estimate of drug-likeness (QED) is 0.178. The van der Waals surface area contributed by atoms with Gasteiger partial charge in [0.1, 0.15) is 22.8 Å². The SMILES string of the molecule is CCC1(OC)c2ccccc2-c2c1c1c(c3cc(OC)c(OC)cc23)OC(c2ccc(OC)cc2)(c2ccc(OC)cc2)C=C1. The summed E-state index contributed by atoms with van der Waals surface area (Å²) in [6.45, 7) is 2.17. The van der Waals surface area contributed by atoms with Crippen molar-refractivity contribution in [3.8, 4) is 39.9 Å². The molecule has 5 aromatic rings. The molecule has 0 bridgehead atoms. The van der Waals surface area contributed by atoms with Crippen LogP contribution in [-0.2, 0) is 15.9 Å². The van der Waals surface area contributed by atoms with Crippen LogP contribution in [0.15, 0.2) is 91.0 Å². The molecular weight excluding hydrogens is 564 g/mol. The Hall–Kier alpha value is -4.94. The summed E-state index contributed by atoms with van der Waals surface area (Å²) in [5, 5.41) is 1.94. The Kier molecular flexibility index (Phi) is 6.98. The van der Waals surface area contributed by atoms with Gasteiger partial charge < -0.3 is 28.4 Å². The molecule has 1 unspecified atom stereocenters. The monoisotopic (exact) mass is 600 g/mol. The predicted octanol–water partition coefficient (Wildman–Crippen LogP) is 8.50. The zero-order chi connectivity index (χ0) is 31.3. The number of hydrogen-bond acceptors (Lipinski definition) is 6. The summed E-state index contributed by atoms with van der Waals surface area (Å²) < 4.78 is 36.6. The maximum absolute atomic E-state index is 7.41. The summed E-state index contributed by atoms with van der Waals surface area (Å²) in [5.41, 5.74) is 5.80. The lowest BCUT2D eigenvalue weighted by Gasteiger charge is -2.39. The second kappa shape index (κ2) is 10.9. The minimum absolute atomic E-state index is 0.629. The maximum Gasteiger partial charge on any atom is 0.178 e. The minimum atomic E-state index is -0.951. The van der Waals surface area contributed by atoms with Crippen molar-refractivity contribution in [1.82, 2.24) is 0 Å². The third-order valence-corrected chi connectivity index (χ3v) is 9.47. The fourth-order valence-electron chi connectivity index (χ4n) is 7.23.